The number of aliphatic hydroxyl groups is 1. The van der Waals surface area contributed by atoms with Crippen molar-refractivity contribution in [1.82, 2.24) is 0 Å². The third kappa shape index (κ3) is 18.3. The summed E-state index contributed by atoms with van der Waals surface area (Å²) in [6.45, 7) is 12.4. The van der Waals surface area contributed by atoms with Gasteiger partial charge in [0.15, 0.2) is 0 Å². The van der Waals surface area contributed by atoms with Crippen LogP contribution in [-0.4, -0.2) is 23.9 Å². The summed E-state index contributed by atoms with van der Waals surface area (Å²) in [5.74, 6) is 0. The van der Waals surface area contributed by atoms with Gasteiger partial charge in [0.25, 0.3) is 0 Å². The van der Waals surface area contributed by atoms with Crippen LogP contribution in [0.5, 0.6) is 0 Å². The highest BCUT2D eigenvalue weighted by molar-refractivity contribution is 4.69. The van der Waals surface area contributed by atoms with Crippen molar-refractivity contribution < 1.29 is 9.84 Å². The van der Waals surface area contributed by atoms with Crippen LogP contribution < -0.4 is 0 Å². The number of rotatable bonds is 10. The van der Waals surface area contributed by atoms with Crippen molar-refractivity contribution in [1.29, 1.82) is 0 Å². The molecule has 0 amide bonds. The molecule has 0 rings (SSSR count). The maximum absolute atomic E-state index is 9.51. The molecule has 0 fully saturated rings. The van der Waals surface area contributed by atoms with Gasteiger partial charge in [0.05, 0.1) is 5.60 Å². The molecule has 0 aromatic rings. The number of ether oxygens (including phenoxy) is 1. The monoisotopic (exact) mass is 260 g/mol. The molecule has 18 heavy (non-hydrogen) atoms. The number of unbranched alkanes of at least 4 members (excludes halogenated alkanes) is 2. The lowest BCUT2D eigenvalue weighted by Crippen LogP contribution is -2.22. The molecule has 0 aliphatic rings. The molecule has 1 N–H and O–H groups in total. The fourth-order valence-electron chi connectivity index (χ4n) is 1.80. The zero-order valence-corrected chi connectivity index (χ0v) is 13.4. The third-order valence-corrected chi connectivity index (χ3v) is 2.86. The van der Waals surface area contributed by atoms with E-state index in [-0.39, 0.29) is 0 Å². The predicted octanol–water partition coefficient (Wildman–Crippen LogP) is 4.94. The third-order valence-electron chi connectivity index (χ3n) is 2.86. The van der Waals surface area contributed by atoms with Crippen molar-refractivity contribution in [3.05, 3.63) is 0 Å². The van der Waals surface area contributed by atoms with Crippen molar-refractivity contribution in [2.45, 2.75) is 91.6 Å². The van der Waals surface area contributed by atoms with E-state index in [1.165, 1.54) is 25.7 Å². The second-order valence-electron chi connectivity index (χ2n) is 5.32. The Balaban J connectivity index is 0. The SMILES string of the molecule is CCCC(C)(O)CCC.CCCCOCCCC. The van der Waals surface area contributed by atoms with Crippen LogP contribution in [-0.2, 0) is 4.74 Å². The highest BCUT2D eigenvalue weighted by Crippen LogP contribution is 2.17. The fourth-order valence-corrected chi connectivity index (χ4v) is 1.80. The van der Waals surface area contributed by atoms with Crippen LogP contribution in [0.25, 0.3) is 0 Å². The maximum Gasteiger partial charge on any atom is 0.0619 e. The van der Waals surface area contributed by atoms with Crippen molar-refractivity contribution in [2.24, 2.45) is 0 Å². The lowest BCUT2D eigenvalue weighted by Gasteiger charge is -2.21. The van der Waals surface area contributed by atoms with Crippen molar-refractivity contribution in [2.75, 3.05) is 13.2 Å². The first-order chi connectivity index (χ1) is 8.54. The molecule has 0 atom stereocenters. The van der Waals surface area contributed by atoms with Gasteiger partial charge in [-0.15, -0.1) is 0 Å². The van der Waals surface area contributed by atoms with Crippen LogP contribution >= 0.6 is 0 Å². The Morgan fingerprint density at radius 1 is 0.778 bits per heavy atom. The molecule has 2 nitrogen and oxygen atoms in total. The molecule has 0 spiro atoms. The van der Waals surface area contributed by atoms with Crippen molar-refractivity contribution in [3.8, 4) is 0 Å². The van der Waals surface area contributed by atoms with Gasteiger partial charge in [0.1, 0.15) is 0 Å². The van der Waals surface area contributed by atoms with Gasteiger partial charge in [-0.3, -0.25) is 0 Å². The average Bonchev–Trinajstić information content (AvgIpc) is 2.29. The Hall–Kier alpha value is -0.0800. The highest BCUT2D eigenvalue weighted by Gasteiger charge is 2.16. The van der Waals surface area contributed by atoms with Crippen molar-refractivity contribution in [3.63, 3.8) is 0 Å². The molecule has 0 radical (unpaired) electrons. The molecule has 0 unspecified atom stereocenters. The Bertz CT molecular complexity index is 130. The van der Waals surface area contributed by atoms with E-state index in [1.807, 2.05) is 6.92 Å². The molecule has 0 aromatic heterocycles. The van der Waals surface area contributed by atoms with Gasteiger partial charge in [0, 0.05) is 13.2 Å². The lowest BCUT2D eigenvalue weighted by atomic mass is 9.95. The van der Waals surface area contributed by atoms with E-state index >= 15 is 0 Å². The van der Waals surface area contributed by atoms with Crippen LogP contribution in [0.1, 0.15) is 86.0 Å². The topological polar surface area (TPSA) is 29.5 Å². The second-order valence-corrected chi connectivity index (χ2v) is 5.32. The summed E-state index contributed by atoms with van der Waals surface area (Å²) in [6, 6.07) is 0. The molecule has 112 valence electrons. The smallest absolute Gasteiger partial charge is 0.0619 e. The zero-order valence-electron chi connectivity index (χ0n) is 13.4. The Morgan fingerprint density at radius 3 is 1.44 bits per heavy atom. The van der Waals surface area contributed by atoms with Crippen LogP contribution in [0.15, 0.2) is 0 Å². The number of hydrogen-bond donors (Lipinski definition) is 1. The van der Waals surface area contributed by atoms with E-state index in [0.29, 0.717) is 0 Å². The van der Waals surface area contributed by atoms with Crippen LogP contribution in [0, 0.1) is 0 Å². The first kappa shape index (κ1) is 20.2. The van der Waals surface area contributed by atoms with Crippen LogP contribution in [0.2, 0.25) is 0 Å². The second kappa shape index (κ2) is 15.0. The molecular formula is C16H36O2. The Labute approximate surface area is 115 Å². The van der Waals surface area contributed by atoms with Crippen molar-refractivity contribution >= 4 is 0 Å². The fraction of sp³-hybridized carbons (Fsp3) is 1.00. The zero-order chi connectivity index (χ0) is 14.3. The average molecular weight is 260 g/mol. The molecule has 0 aliphatic heterocycles. The summed E-state index contributed by atoms with van der Waals surface area (Å²) < 4.78 is 5.31. The van der Waals surface area contributed by atoms with Crippen LogP contribution in [0.4, 0.5) is 0 Å². The van der Waals surface area contributed by atoms with E-state index in [1.54, 1.807) is 0 Å². The summed E-state index contributed by atoms with van der Waals surface area (Å²) >= 11 is 0. The van der Waals surface area contributed by atoms with E-state index in [0.717, 1.165) is 38.9 Å². The molecule has 0 aromatic carbocycles. The summed E-state index contributed by atoms with van der Waals surface area (Å²) in [5, 5.41) is 9.51. The van der Waals surface area contributed by atoms with E-state index in [4.69, 9.17) is 4.74 Å². The summed E-state index contributed by atoms with van der Waals surface area (Å²) in [6.07, 6.45) is 8.92. The van der Waals surface area contributed by atoms with E-state index in [2.05, 4.69) is 27.7 Å². The first-order valence-corrected chi connectivity index (χ1v) is 7.84. The number of hydrogen-bond acceptors (Lipinski definition) is 2. The summed E-state index contributed by atoms with van der Waals surface area (Å²) in [5.41, 5.74) is -0.399. The minimum absolute atomic E-state index is 0.399. The van der Waals surface area contributed by atoms with Gasteiger partial charge in [-0.2, -0.15) is 0 Å². The van der Waals surface area contributed by atoms with Gasteiger partial charge in [0.2, 0.25) is 0 Å². The molecule has 0 bridgehead atoms. The first-order valence-electron chi connectivity index (χ1n) is 7.84. The predicted molar refractivity (Wildman–Crippen MR) is 81.1 cm³/mol. The van der Waals surface area contributed by atoms with Gasteiger partial charge >= 0.3 is 0 Å². The summed E-state index contributed by atoms with van der Waals surface area (Å²) in [7, 11) is 0. The summed E-state index contributed by atoms with van der Waals surface area (Å²) in [4.78, 5) is 0. The quantitative estimate of drug-likeness (QED) is 0.564. The van der Waals surface area contributed by atoms with Crippen LogP contribution in [0.3, 0.4) is 0 Å². The minimum Gasteiger partial charge on any atom is -0.390 e. The molecule has 0 heterocycles. The molecule has 0 saturated carbocycles. The minimum atomic E-state index is -0.399. The van der Waals surface area contributed by atoms with Gasteiger partial charge in [-0.1, -0.05) is 53.4 Å². The van der Waals surface area contributed by atoms with Gasteiger partial charge in [-0.05, 0) is 32.6 Å². The Kier molecular flexibility index (Phi) is 16.8. The Morgan fingerprint density at radius 2 is 1.17 bits per heavy atom. The normalized spacial score (nSPS) is 11.0. The molecule has 0 saturated heterocycles. The van der Waals surface area contributed by atoms with E-state index in [9.17, 15) is 5.11 Å². The van der Waals surface area contributed by atoms with E-state index < -0.39 is 5.60 Å². The standard InChI is InChI=1S/2C8H18O/c1-4-6-8(3,9)7-5-2;1-3-5-7-9-8-6-4-2/h9H,4-7H2,1-3H3;3-8H2,1-2H3. The molecular weight excluding hydrogens is 224 g/mol. The largest absolute Gasteiger partial charge is 0.390 e. The highest BCUT2D eigenvalue weighted by atomic mass is 16.5. The van der Waals surface area contributed by atoms with Gasteiger partial charge in [-0.25, -0.2) is 0 Å². The van der Waals surface area contributed by atoms with Gasteiger partial charge < -0.3 is 9.84 Å². The molecule has 2 heteroatoms. The molecule has 0 aliphatic carbocycles. The lowest BCUT2D eigenvalue weighted by molar-refractivity contribution is 0.0406. The maximum atomic E-state index is 9.51.